The molecule has 7 rings (SSSR count). The lowest BCUT2D eigenvalue weighted by Gasteiger charge is -2.35. The minimum atomic E-state index is -0.355. The number of carbonyl (C=O) groups is 1. The topological polar surface area (TPSA) is 87.3 Å². The molecule has 218 valence electrons. The van der Waals surface area contributed by atoms with Crippen molar-refractivity contribution in [1.29, 1.82) is 5.26 Å². The van der Waals surface area contributed by atoms with Crippen LogP contribution in [0.5, 0.6) is 0 Å². The van der Waals surface area contributed by atoms with E-state index in [-0.39, 0.29) is 17.7 Å². The molecule has 0 unspecified atom stereocenters. The van der Waals surface area contributed by atoms with Crippen LogP contribution in [0.3, 0.4) is 0 Å². The maximum absolute atomic E-state index is 14.7. The van der Waals surface area contributed by atoms with Gasteiger partial charge in [0.25, 0.3) is 0 Å². The highest BCUT2D eigenvalue weighted by Crippen LogP contribution is 2.33. The average molecular weight is 577 g/mol. The summed E-state index contributed by atoms with van der Waals surface area (Å²) in [6.45, 7) is 7.28. The number of aryl methyl sites for hydroxylation is 1. The SMILES string of the molecule is CC(=O)c1ccc2nc(CN3CCN(c4cccc(C5=Cc6c(F)cc(C#N)cc6CC5)n4)CC3)n(C[C@@H]3CCO3)c2c1. The molecule has 2 aliphatic heterocycles. The Kier molecular flexibility index (Phi) is 7.25. The van der Waals surface area contributed by atoms with Gasteiger partial charge < -0.3 is 14.2 Å². The largest absolute Gasteiger partial charge is 0.376 e. The van der Waals surface area contributed by atoms with Crippen molar-refractivity contribution in [3.8, 4) is 6.07 Å². The molecule has 2 aromatic carbocycles. The molecule has 0 radical (unpaired) electrons. The maximum Gasteiger partial charge on any atom is 0.159 e. The summed E-state index contributed by atoms with van der Waals surface area (Å²) < 4.78 is 22.7. The molecule has 9 heteroatoms. The minimum absolute atomic E-state index is 0.0517. The Bertz CT molecular complexity index is 1790. The third-order valence-corrected chi connectivity index (χ3v) is 8.86. The number of hydrogen-bond acceptors (Lipinski definition) is 7. The van der Waals surface area contributed by atoms with Gasteiger partial charge in [0, 0.05) is 43.9 Å². The van der Waals surface area contributed by atoms with Crippen molar-refractivity contribution in [1.82, 2.24) is 19.4 Å². The molecule has 0 spiro atoms. The van der Waals surface area contributed by atoms with Gasteiger partial charge in [0.2, 0.25) is 0 Å². The van der Waals surface area contributed by atoms with E-state index in [2.05, 4.69) is 14.4 Å². The van der Waals surface area contributed by atoms with Crippen LogP contribution in [-0.2, 0) is 24.2 Å². The van der Waals surface area contributed by atoms with E-state index in [4.69, 9.17) is 14.7 Å². The quantitative estimate of drug-likeness (QED) is 0.278. The summed E-state index contributed by atoms with van der Waals surface area (Å²) in [4.78, 5) is 26.7. The first-order valence-corrected chi connectivity index (χ1v) is 14.9. The first kappa shape index (κ1) is 27.4. The van der Waals surface area contributed by atoms with Crippen molar-refractivity contribution in [2.75, 3.05) is 37.7 Å². The smallest absolute Gasteiger partial charge is 0.159 e. The van der Waals surface area contributed by atoms with Crippen molar-refractivity contribution < 1.29 is 13.9 Å². The molecule has 2 aromatic heterocycles. The number of allylic oxidation sites excluding steroid dienone is 1. The third-order valence-electron chi connectivity index (χ3n) is 8.86. The molecule has 2 fully saturated rings. The zero-order chi connectivity index (χ0) is 29.5. The van der Waals surface area contributed by atoms with E-state index >= 15 is 0 Å². The molecule has 4 heterocycles. The van der Waals surface area contributed by atoms with E-state index in [0.29, 0.717) is 23.1 Å². The van der Waals surface area contributed by atoms with Crippen LogP contribution in [-0.4, -0.2) is 64.1 Å². The summed E-state index contributed by atoms with van der Waals surface area (Å²) in [7, 11) is 0. The van der Waals surface area contributed by atoms with E-state index in [1.807, 2.05) is 48.5 Å². The number of ketones is 1. The van der Waals surface area contributed by atoms with E-state index in [0.717, 1.165) is 98.2 Å². The van der Waals surface area contributed by atoms with Crippen LogP contribution in [0.15, 0.2) is 48.5 Å². The molecule has 3 aliphatic rings. The summed E-state index contributed by atoms with van der Waals surface area (Å²) in [6.07, 6.45) is 4.56. The van der Waals surface area contributed by atoms with Gasteiger partial charge >= 0.3 is 0 Å². The Morgan fingerprint density at radius 3 is 2.67 bits per heavy atom. The molecule has 4 aromatic rings. The summed E-state index contributed by atoms with van der Waals surface area (Å²) in [5.74, 6) is 1.62. The van der Waals surface area contributed by atoms with Crippen LogP contribution < -0.4 is 4.90 Å². The second kappa shape index (κ2) is 11.4. The Morgan fingerprint density at radius 1 is 1.09 bits per heavy atom. The number of anilines is 1. The number of aromatic nitrogens is 3. The van der Waals surface area contributed by atoms with Crippen LogP contribution in [0.1, 0.15) is 58.3 Å². The van der Waals surface area contributed by atoms with E-state index < -0.39 is 0 Å². The molecule has 0 bridgehead atoms. The van der Waals surface area contributed by atoms with Gasteiger partial charge in [0.15, 0.2) is 5.78 Å². The zero-order valence-corrected chi connectivity index (χ0v) is 24.2. The number of imidazole rings is 1. The number of benzene rings is 2. The molecular formula is C34H33FN6O2. The van der Waals surface area contributed by atoms with Gasteiger partial charge in [-0.3, -0.25) is 9.69 Å². The molecule has 0 amide bonds. The summed E-state index contributed by atoms with van der Waals surface area (Å²) in [6, 6.07) is 17.0. The number of ether oxygens (including phenoxy) is 1. The summed E-state index contributed by atoms with van der Waals surface area (Å²) >= 11 is 0. The van der Waals surface area contributed by atoms with Crippen molar-refractivity contribution >= 4 is 34.3 Å². The van der Waals surface area contributed by atoms with Crippen LogP contribution in [0.4, 0.5) is 10.2 Å². The standard InChI is InChI=1S/C34H33FN6O2/c1-22(42)24-7-8-31-32(18-24)41(20-27-9-14-43-27)34(38-31)21-39-10-12-40(13-11-39)33-4-2-3-30(37-33)26-6-5-25-15-23(19-36)16-29(35)28(25)17-26/h2-4,7-8,15-18,27H,5-6,9-14,20-21H2,1H3/t27-/m0/s1. The van der Waals surface area contributed by atoms with Gasteiger partial charge in [-0.1, -0.05) is 6.07 Å². The predicted octanol–water partition coefficient (Wildman–Crippen LogP) is 5.24. The van der Waals surface area contributed by atoms with E-state index in [1.54, 1.807) is 13.0 Å². The number of hydrogen-bond donors (Lipinski definition) is 0. The normalized spacial score (nSPS) is 18.6. The Morgan fingerprint density at radius 2 is 1.93 bits per heavy atom. The fraction of sp³-hybridized carbons (Fsp3) is 0.353. The van der Waals surface area contributed by atoms with Crippen molar-refractivity contribution in [2.45, 2.75) is 45.4 Å². The number of carbonyl (C=O) groups excluding carboxylic acids is 1. The fourth-order valence-electron chi connectivity index (χ4n) is 6.29. The lowest BCUT2D eigenvalue weighted by molar-refractivity contribution is -0.0592. The van der Waals surface area contributed by atoms with Crippen molar-refractivity contribution in [3.05, 3.63) is 88.1 Å². The summed E-state index contributed by atoms with van der Waals surface area (Å²) in [5, 5.41) is 9.18. The Hall–Kier alpha value is -4.39. The first-order chi connectivity index (χ1) is 20.9. The molecule has 8 nitrogen and oxygen atoms in total. The van der Waals surface area contributed by atoms with Crippen molar-refractivity contribution in [2.24, 2.45) is 0 Å². The molecule has 1 aliphatic carbocycles. The molecule has 0 N–H and O–H groups in total. The first-order valence-electron chi connectivity index (χ1n) is 14.9. The van der Waals surface area contributed by atoms with E-state index in [9.17, 15) is 14.4 Å². The lowest BCUT2D eigenvalue weighted by Crippen LogP contribution is -2.46. The number of piperazine rings is 1. The third kappa shape index (κ3) is 5.44. The van der Waals surface area contributed by atoms with E-state index in [1.165, 1.54) is 6.07 Å². The number of rotatable bonds is 7. The highest BCUT2D eigenvalue weighted by molar-refractivity contribution is 5.97. The van der Waals surface area contributed by atoms with Crippen LogP contribution in [0, 0.1) is 17.1 Å². The highest BCUT2D eigenvalue weighted by Gasteiger charge is 2.25. The number of Topliss-reactive ketones (excluding diaryl/α,β-unsaturated/α-hetero) is 1. The average Bonchev–Trinajstić information content (AvgIpc) is 3.34. The molecule has 2 saturated heterocycles. The summed E-state index contributed by atoms with van der Waals surface area (Å²) in [5.41, 5.74) is 6.27. The van der Waals surface area contributed by atoms with Crippen LogP contribution in [0.25, 0.3) is 22.7 Å². The van der Waals surface area contributed by atoms with Crippen LogP contribution in [0.2, 0.25) is 0 Å². The number of halogens is 1. The highest BCUT2D eigenvalue weighted by atomic mass is 19.1. The maximum atomic E-state index is 14.7. The van der Waals surface area contributed by atoms with Crippen molar-refractivity contribution in [3.63, 3.8) is 0 Å². The number of nitrogens with zero attached hydrogens (tertiary/aromatic N) is 6. The Labute approximate surface area is 250 Å². The predicted molar refractivity (Wildman–Crippen MR) is 163 cm³/mol. The fourth-order valence-corrected chi connectivity index (χ4v) is 6.29. The second-order valence-corrected chi connectivity index (χ2v) is 11.6. The number of fused-ring (bicyclic) bond motifs is 2. The second-order valence-electron chi connectivity index (χ2n) is 11.6. The van der Waals surface area contributed by atoms with Crippen LogP contribution >= 0.6 is 0 Å². The van der Waals surface area contributed by atoms with Gasteiger partial charge in [-0.05, 0) is 85.9 Å². The number of pyridine rings is 1. The molecule has 43 heavy (non-hydrogen) atoms. The van der Waals surface area contributed by atoms with Gasteiger partial charge in [-0.15, -0.1) is 0 Å². The van der Waals surface area contributed by atoms with Gasteiger partial charge in [-0.2, -0.15) is 5.26 Å². The minimum Gasteiger partial charge on any atom is -0.376 e. The molecular weight excluding hydrogens is 543 g/mol. The zero-order valence-electron chi connectivity index (χ0n) is 24.2. The monoisotopic (exact) mass is 576 g/mol. The lowest BCUT2D eigenvalue weighted by atomic mass is 9.89. The Balaban J connectivity index is 1.06. The number of nitriles is 1. The van der Waals surface area contributed by atoms with Gasteiger partial charge in [0.05, 0.1) is 47.6 Å². The molecule has 0 saturated carbocycles. The van der Waals surface area contributed by atoms with Gasteiger partial charge in [0.1, 0.15) is 17.5 Å². The van der Waals surface area contributed by atoms with Gasteiger partial charge in [-0.25, -0.2) is 14.4 Å². The molecule has 1 atom stereocenters.